The zero-order chi connectivity index (χ0) is 39.7. The van der Waals surface area contributed by atoms with Gasteiger partial charge in [-0.1, -0.05) is 30.3 Å². The first kappa shape index (κ1) is 38.3. The second kappa shape index (κ2) is 18.1. The Balaban J connectivity index is 0.000000176. The number of nitrogens with zero attached hydrogens (tertiary/aromatic N) is 8. The van der Waals surface area contributed by atoms with Gasteiger partial charge >= 0.3 is 0 Å². The number of thiocarbonyl (C=S) groups is 1. The van der Waals surface area contributed by atoms with Gasteiger partial charge in [-0.2, -0.15) is 10.2 Å². The Morgan fingerprint density at radius 1 is 0.724 bits per heavy atom. The van der Waals surface area contributed by atoms with E-state index in [-0.39, 0.29) is 29.9 Å². The largest absolute Gasteiger partial charge is 0.438 e. The number of aromatic nitrogens is 8. The Kier molecular flexibility index (Phi) is 12.0. The number of nitrogen functional groups attached to an aromatic ring is 1. The van der Waals surface area contributed by atoms with Crippen LogP contribution in [-0.4, -0.2) is 63.7 Å². The molecule has 2 aliphatic heterocycles. The Bertz CT molecular complexity index is 2470. The lowest BCUT2D eigenvalue weighted by atomic mass is 10.1. The molecule has 0 spiro atoms. The quantitative estimate of drug-likeness (QED) is 0.0975. The van der Waals surface area contributed by atoms with Gasteiger partial charge in [0.2, 0.25) is 17.7 Å². The van der Waals surface area contributed by atoms with E-state index >= 15 is 0 Å². The van der Waals surface area contributed by atoms with Crippen molar-refractivity contribution < 1.29 is 23.7 Å². The zero-order valence-corrected chi connectivity index (χ0v) is 32.3. The van der Waals surface area contributed by atoms with E-state index < -0.39 is 0 Å². The predicted molar refractivity (Wildman–Crippen MR) is 220 cm³/mol. The minimum absolute atomic E-state index is 0.0690. The molecule has 4 N–H and O–H groups in total. The molecule has 9 rings (SSSR count). The number of nitrogens with two attached hydrogens (primary N) is 1. The molecule has 17 heteroatoms. The number of anilines is 2. The van der Waals surface area contributed by atoms with Gasteiger partial charge in [-0.15, -0.1) is 0 Å². The van der Waals surface area contributed by atoms with Gasteiger partial charge < -0.3 is 35.3 Å². The molecule has 7 aromatic rings. The van der Waals surface area contributed by atoms with Crippen LogP contribution in [0.2, 0.25) is 0 Å². The summed E-state index contributed by atoms with van der Waals surface area (Å²) in [7, 11) is 0. The molecule has 0 saturated carbocycles. The molecule has 0 radical (unpaired) electrons. The second-order valence-electron chi connectivity index (χ2n) is 13.6. The molecule has 296 valence electrons. The number of hydrogen-bond donors (Lipinski definition) is 3. The Labute approximate surface area is 338 Å². The lowest BCUT2D eigenvalue weighted by molar-refractivity contribution is -0.119. The summed E-state index contributed by atoms with van der Waals surface area (Å²) in [5.41, 5.74) is 9.41. The average molecular weight is 800 g/mol. The van der Waals surface area contributed by atoms with E-state index in [2.05, 4.69) is 40.8 Å². The monoisotopic (exact) mass is 799 g/mol. The first-order valence-corrected chi connectivity index (χ1v) is 19.4. The van der Waals surface area contributed by atoms with Crippen LogP contribution in [-0.2, 0) is 20.7 Å². The van der Waals surface area contributed by atoms with Crippen LogP contribution < -0.4 is 25.8 Å². The lowest BCUT2D eigenvalue weighted by Crippen LogP contribution is -2.35. The summed E-state index contributed by atoms with van der Waals surface area (Å²) in [4.78, 5) is 29.4. The number of carbonyl (C=O) groups excluding carboxylic acids is 1. The van der Waals surface area contributed by atoms with Gasteiger partial charge in [0.25, 0.3) is 0 Å². The van der Waals surface area contributed by atoms with Crippen molar-refractivity contribution in [3.05, 3.63) is 109 Å². The van der Waals surface area contributed by atoms with Crippen molar-refractivity contribution in [1.29, 1.82) is 0 Å². The first-order valence-electron chi connectivity index (χ1n) is 19.0. The molecule has 2 saturated heterocycles. The smallest absolute Gasteiger partial charge is 0.233 e. The normalized spacial score (nSPS) is 16.6. The van der Waals surface area contributed by atoms with Crippen LogP contribution in [0, 0.1) is 0 Å². The molecule has 4 aromatic heterocycles. The summed E-state index contributed by atoms with van der Waals surface area (Å²) >= 11 is 5.26. The number of hydrogen-bond acceptors (Lipinski definition) is 13. The van der Waals surface area contributed by atoms with E-state index in [1.165, 1.54) is 12.7 Å². The van der Waals surface area contributed by atoms with Crippen molar-refractivity contribution in [2.45, 2.75) is 57.4 Å². The van der Waals surface area contributed by atoms with E-state index in [4.69, 9.17) is 36.9 Å². The van der Waals surface area contributed by atoms with Crippen molar-refractivity contribution in [1.82, 2.24) is 44.8 Å². The number of rotatable bonds is 9. The summed E-state index contributed by atoms with van der Waals surface area (Å²) in [5.74, 6) is 1.97. The van der Waals surface area contributed by atoms with Gasteiger partial charge in [-0.3, -0.25) is 4.79 Å². The van der Waals surface area contributed by atoms with E-state index in [1.807, 2.05) is 47.1 Å². The highest BCUT2D eigenvalue weighted by atomic mass is 32.1. The van der Waals surface area contributed by atoms with Crippen LogP contribution in [0.1, 0.15) is 56.5 Å². The van der Waals surface area contributed by atoms with Crippen LogP contribution in [0.5, 0.6) is 23.3 Å². The average Bonchev–Trinajstić information content (AvgIpc) is 3.90. The summed E-state index contributed by atoms with van der Waals surface area (Å²) in [6, 6.07) is 23.9. The SMILES string of the molecule is Nc1ccc(Oc2ncnc3c2cnn3C2CCCCO2)cc1.O=C(Cc1ccccc1)NC(=S)Nc1ccc(Oc2ncnc3c2cnn3C2CCCCO2)cc1. The summed E-state index contributed by atoms with van der Waals surface area (Å²) in [6.07, 6.45) is 12.7. The number of ether oxygens (including phenoxy) is 4. The molecule has 58 heavy (non-hydrogen) atoms. The van der Waals surface area contributed by atoms with Gasteiger partial charge in [0.05, 0.1) is 18.8 Å². The van der Waals surface area contributed by atoms with E-state index in [1.54, 1.807) is 53.5 Å². The minimum atomic E-state index is -0.180. The van der Waals surface area contributed by atoms with E-state index in [0.29, 0.717) is 40.0 Å². The van der Waals surface area contributed by atoms with E-state index in [9.17, 15) is 4.79 Å². The van der Waals surface area contributed by atoms with Crippen LogP contribution in [0.4, 0.5) is 11.4 Å². The molecule has 2 aliphatic rings. The topological polar surface area (TPSA) is 191 Å². The second-order valence-corrected chi connectivity index (χ2v) is 14.0. The van der Waals surface area contributed by atoms with Crippen molar-refractivity contribution in [2.24, 2.45) is 0 Å². The van der Waals surface area contributed by atoms with Gasteiger partial charge in [0.1, 0.15) is 34.9 Å². The fraction of sp³-hybridized carbons (Fsp3) is 0.268. The zero-order valence-electron chi connectivity index (χ0n) is 31.4. The summed E-state index contributed by atoms with van der Waals surface area (Å²) < 4.78 is 27.1. The molecule has 2 fully saturated rings. The van der Waals surface area contributed by atoms with Gasteiger partial charge in [-0.25, -0.2) is 29.3 Å². The van der Waals surface area contributed by atoms with Gasteiger partial charge in [0.15, 0.2) is 28.9 Å². The molecule has 0 bridgehead atoms. The number of benzene rings is 3. The van der Waals surface area contributed by atoms with Crippen LogP contribution >= 0.6 is 12.2 Å². The fourth-order valence-electron chi connectivity index (χ4n) is 6.58. The predicted octanol–water partition coefficient (Wildman–Crippen LogP) is 7.27. The number of carbonyl (C=O) groups is 1. The molecular formula is C41H41N11O5S. The summed E-state index contributed by atoms with van der Waals surface area (Å²) in [6.45, 7) is 1.48. The standard InChI is InChI=1S/C25H24N6O3S.C16H17N5O2/c32-21(14-17-6-2-1-3-7-17)30-25(35)29-18-9-11-19(12-10-18)34-24-20-15-28-31(23(20)26-16-27-24)22-8-4-5-13-33-22;17-11-4-6-12(7-5-11)23-16-13-9-20-21(15(13)18-10-19-16)14-3-1-2-8-22-14/h1-3,6-7,9-12,15-16,22H,4-5,8,13-14H2,(H2,29,30,32,35);4-7,9-10,14H,1-3,8,17H2. The molecule has 16 nitrogen and oxygen atoms in total. The number of amides is 1. The highest BCUT2D eigenvalue weighted by Gasteiger charge is 2.22. The Morgan fingerprint density at radius 2 is 1.26 bits per heavy atom. The molecule has 6 heterocycles. The maximum atomic E-state index is 12.2. The Hall–Kier alpha value is -6.56. The maximum Gasteiger partial charge on any atom is 0.233 e. The molecule has 1 amide bonds. The first-order chi connectivity index (χ1) is 28.5. The fourth-order valence-corrected chi connectivity index (χ4v) is 6.81. The molecule has 3 aromatic carbocycles. The molecule has 0 aliphatic carbocycles. The number of nitrogens with one attached hydrogen (secondary N) is 2. The minimum Gasteiger partial charge on any atom is -0.438 e. The number of fused-ring (bicyclic) bond motifs is 2. The van der Waals surface area contributed by atoms with Crippen LogP contribution in [0.25, 0.3) is 22.1 Å². The van der Waals surface area contributed by atoms with Crippen LogP contribution in [0.15, 0.2) is 104 Å². The highest BCUT2D eigenvalue weighted by molar-refractivity contribution is 7.80. The third-order valence-corrected chi connectivity index (χ3v) is 9.65. The Morgan fingerprint density at radius 3 is 1.78 bits per heavy atom. The third kappa shape index (κ3) is 9.34. The maximum absolute atomic E-state index is 12.2. The van der Waals surface area contributed by atoms with Crippen LogP contribution in [0.3, 0.4) is 0 Å². The lowest BCUT2D eigenvalue weighted by Gasteiger charge is -2.22. The van der Waals surface area contributed by atoms with Crippen molar-refractivity contribution in [3.8, 4) is 23.3 Å². The van der Waals surface area contributed by atoms with E-state index in [0.717, 1.165) is 74.0 Å². The van der Waals surface area contributed by atoms with Gasteiger partial charge in [0, 0.05) is 24.6 Å². The summed E-state index contributed by atoms with van der Waals surface area (Å²) in [5, 5.41) is 16.3. The molecule has 2 unspecified atom stereocenters. The van der Waals surface area contributed by atoms with Crippen molar-refractivity contribution in [2.75, 3.05) is 24.3 Å². The van der Waals surface area contributed by atoms with Gasteiger partial charge in [-0.05, 0) is 105 Å². The molecule has 2 atom stereocenters. The van der Waals surface area contributed by atoms with Crippen molar-refractivity contribution >= 4 is 56.7 Å². The highest BCUT2D eigenvalue weighted by Crippen LogP contribution is 2.32. The molecular weight excluding hydrogens is 759 g/mol. The van der Waals surface area contributed by atoms with Crippen molar-refractivity contribution in [3.63, 3.8) is 0 Å². The third-order valence-electron chi connectivity index (χ3n) is 9.45.